The third-order valence-electron chi connectivity index (χ3n) is 3.52. The number of carbonyl (C=O) groups is 4. The molecule has 0 rings (SSSR count). The molecule has 0 aromatic rings. The van der Waals surface area contributed by atoms with Gasteiger partial charge in [0.05, 0.1) is 12.8 Å². The molecule has 29 heavy (non-hydrogen) atoms. The summed E-state index contributed by atoms with van der Waals surface area (Å²) >= 11 is 0. The average Bonchev–Trinajstić information content (AvgIpc) is 2.51. The van der Waals surface area contributed by atoms with Gasteiger partial charge >= 0.3 is 23.9 Å². The highest BCUT2D eigenvalue weighted by molar-refractivity contribution is 6.01. The van der Waals surface area contributed by atoms with Crippen LogP contribution in [0.2, 0.25) is 0 Å². The first-order valence-corrected chi connectivity index (χ1v) is 9.40. The Labute approximate surface area is 172 Å². The van der Waals surface area contributed by atoms with Crippen molar-refractivity contribution in [2.45, 2.75) is 68.2 Å². The maximum absolute atomic E-state index is 12.4. The molecule has 0 aromatic heterocycles. The Hall–Kier alpha value is -2.38. The summed E-state index contributed by atoms with van der Waals surface area (Å²) in [6.45, 7) is 12.9. The largest absolute Gasteiger partial charge is 0.428 e. The molecule has 0 spiro atoms. The fourth-order valence-corrected chi connectivity index (χ4v) is 2.12. The van der Waals surface area contributed by atoms with Crippen LogP contribution in [0.1, 0.15) is 68.2 Å². The molecule has 0 aliphatic rings. The van der Waals surface area contributed by atoms with Crippen molar-refractivity contribution in [3.63, 3.8) is 0 Å². The Bertz CT molecular complexity index is 574. The first kappa shape index (κ1) is 26.6. The zero-order valence-corrected chi connectivity index (χ0v) is 18.7. The minimum absolute atomic E-state index is 0.151. The van der Waals surface area contributed by atoms with E-state index in [1.807, 2.05) is 41.5 Å². The van der Waals surface area contributed by atoms with E-state index in [0.29, 0.717) is 0 Å². The number of esters is 4. The van der Waals surface area contributed by atoms with Crippen LogP contribution in [0.3, 0.4) is 0 Å². The molecule has 8 heteroatoms. The summed E-state index contributed by atoms with van der Waals surface area (Å²) < 4.78 is 19.6. The minimum Gasteiger partial charge on any atom is -0.428 e. The van der Waals surface area contributed by atoms with Gasteiger partial charge in [-0.3, -0.25) is 19.2 Å². The molecular formula is C21H34O8. The first-order chi connectivity index (χ1) is 13.1. The van der Waals surface area contributed by atoms with E-state index in [-0.39, 0.29) is 23.7 Å². The molecular weight excluding hydrogens is 380 g/mol. The second-order valence-corrected chi connectivity index (χ2v) is 9.31. The highest BCUT2D eigenvalue weighted by atomic mass is 16.7. The number of ether oxygens (including phenoxy) is 4. The van der Waals surface area contributed by atoms with Gasteiger partial charge in [0.1, 0.15) is 0 Å². The molecule has 0 bridgehead atoms. The van der Waals surface area contributed by atoms with Crippen molar-refractivity contribution in [3.8, 4) is 0 Å². The topological polar surface area (TPSA) is 105 Å². The summed E-state index contributed by atoms with van der Waals surface area (Å²) in [6, 6.07) is 0. The Balaban J connectivity index is 4.72. The van der Waals surface area contributed by atoms with Crippen molar-refractivity contribution >= 4 is 23.9 Å². The average molecular weight is 414 g/mol. The van der Waals surface area contributed by atoms with Gasteiger partial charge in [0, 0.05) is 0 Å². The lowest BCUT2D eigenvalue weighted by molar-refractivity contribution is -0.183. The number of carbonyl (C=O) groups excluding carboxylic acids is 4. The molecule has 0 heterocycles. The van der Waals surface area contributed by atoms with Gasteiger partial charge in [-0.2, -0.15) is 0 Å². The lowest BCUT2D eigenvalue weighted by Crippen LogP contribution is -2.38. The summed E-state index contributed by atoms with van der Waals surface area (Å²) in [5.74, 6) is -2.95. The summed E-state index contributed by atoms with van der Waals surface area (Å²) in [7, 11) is 0. The van der Waals surface area contributed by atoms with Crippen LogP contribution in [0.5, 0.6) is 0 Å². The van der Waals surface area contributed by atoms with E-state index in [4.69, 9.17) is 18.9 Å². The van der Waals surface area contributed by atoms with E-state index in [9.17, 15) is 19.2 Å². The van der Waals surface area contributed by atoms with Crippen LogP contribution in [-0.2, 0) is 38.1 Å². The molecule has 0 N–H and O–H groups in total. The minimum atomic E-state index is -1.78. The Kier molecular flexibility index (Phi) is 10.1. The summed E-state index contributed by atoms with van der Waals surface area (Å²) in [6.07, 6.45) is 3.09. The van der Waals surface area contributed by atoms with Gasteiger partial charge < -0.3 is 18.9 Å². The highest BCUT2D eigenvalue weighted by Gasteiger charge is 2.42. The summed E-state index contributed by atoms with van der Waals surface area (Å²) in [4.78, 5) is 48.1. The van der Waals surface area contributed by atoms with Crippen LogP contribution in [0, 0.1) is 16.2 Å². The van der Waals surface area contributed by atoms with E-state index in [2.05, 4.69) is 0 Å². The Morgan fingerprint density at radius 3 is 1.28 bits per heavy atom. The van der Waals surface area contributed by atoms with Crippen LogP contribution in [0.15, 0.2) is 12.2 Å². The normalized spacial score (nSPS) is 12.4. The quantitative estimate of drug-likeness (QED) is 0.244. The number of hydrogen-bond acceptors (Lipinski definition) is 8. The maximum Gasteiger partial charge on any atom is 0.330 e. The second kappa shape index (κ2) is 11.0. The van der Waals surface area contributed by atoms with Gasteiger partial charge in [0.25, 0.3) is 0 Å². The molecule has 0 unspecified atom stereocenters. The molecule has 0 aromatic carbocycles. The van der Waals surface area contributed by atoms with E-state index in [0.717, 1.165) is 0 Å². The molecule has 8 nitrogen and oxygen atoms in total. The van der Waals surface area contributed by atoms with Gasteiger partial charge in [-0.25, -0.2) is 0 Å². The Morgan fingerprint density at radius 2 is 1.00 bits per heavy atom. The fourth-order valence-electron chi connectivity index (χ4n) is 2.12. The summed E-state index contributed by atoms with van der Waals surface area (Å²) in [5, 5.41) is 0. The van der Waals surface area contributed by atoms with E-state index < -0.39 is 42.9 Å². The molecule has 0 atom stereocenters. The van der Waals surface area contributed by atoms with Crippen LogP contribution < -0.4 is 0 Å². The van der Waals surface area contributed by atoms with Gasteiger partial charge in [0.15, 0.2) is 5.41 Å². The number of hydrogen-bond donors (Lipinski definition) is 0. The van der Waals surface area contributed by atoms with E-state index >= 15 is 0 Å². The second-order valence-electron chi connectivity index (χ2n) is 9.31. The highest BCUT2D eigenvalue weighted by Crippen LogP contribution is 2.24. The lowest BCUT2D eigenvalue weighted by atomic mass is 9.90. The van der Waals surface area contributed by atoms with Gasteiger partial charge in [0.2, 0.25) is 13.6 Å². The predicted octanol–water partition coefficient (Wildman–Crippen LogP) is 3.53. The SMILES string of the molecule is CC=CC(C)(C(=O)OCOC(=O)CC(C)(C)C)C(=O)OCOC(=O)CC(C)(C)C. The number of allylic oxidation sites excluding steroid dienone is 1. The molecule has 0 fully saturated rings. The summed E-state index contributed by atoms with van der Waals surface area (Å²) in [5.41, 5.74) is -2.31. The zero-order valence-electron chi connectivity index (χ0n) is 18.7. The molecule has 0 amide bonds. The van der Waals surface area contributed by atoms with Crippen LogP contribution in [0.25, 0.3) is 0 Å². The van der Waals surface area contributed by atoms with Gasteiger partial charge in [-0.1, -0.05) is 53.7 Å². The molecule has 0 saturated heterocycles. The third-order valence-corrected chi connectivity index (χ3v) is 3.52. The molecule has 0 aliphatic carbocycles. The van der Waals surface area contributed by atoms with Crippen LogP contribution >= 0.6 is 0 Å². The smallest absolute Gasteiger partial charge is 0.330 e. The van der Waals surface area contributed by atoms with Crippen molar-refractivity contribution in [3.05, 3.63) is 12.2 Å². The van der Waals surface area contributed by atoms with Crippen molar-refractivity contribution in [2.75, 3.05) is 13.6 Å². The third kappa shape index (κ3) is 11.3. The zero-order chi connectivity index (χ0) is 22.9. The van der Waals surface area contributed by atoms with Gasteiger partial charge in [-0.05, 0) is 24.7 Å². The van der Waals surface area contributed by atoms with Crippen molar-refractivity contribution in [1.29, 1.82) is 0 Å². The van der Waals surface area contributed by atoms with E-state index in [1.165, 1.54) is 19.1 Å². The molecule has 166 valence electrons. The standard InChI is InChI=1S/C21H34O8/c1-9-10-21(8,17(24)28-13-26-15(22)11-19(2,3)4)18(25)29-14-27-16(23)12-20(5,6)7/h9-10H,11-14H2,1-8H3. The Morgan fingerprint density at radius 1 is 0.655 bits per heavy atom. The maximum atomic E-state index is 12.4. The van der Waals surface area contributed by atoms with Crippen molar-refractivity contribution < 1.29 is 38.1 Å². The fraction of sp³-hybridized carbons (Fsp3) is 0.714. The van der Waals surface area contributed by atoms with Crippen LogP contribution in [0.4, 0.5) is 0 Å². The van der Waals surface area contributed by atoms with E-state index in [1.54, 1.807) is 6.92 Å². The van der Waals surface area contributed by atoms with Gasteiger partial charge in [-0.15, -0.1) is 0 Å². The monoisotopic (exact) mass is 414 g/mol. The molecule has 0 saturated carbocycles. The first-order valence-electron chi connectivity index (χ1n) is 9.40. The van der Waals surface area contributed by atoms with Crippen molar-refractivity contribution in [2.24, 2.45) is 16.2 Å². The van der Waals surface area contributed by atoms with Crippen LogP contribution in [-0.4, -0.2) is 37.5 Å². The molecule has 0 aliphatic heterocycles. The van der Waals surface area contributed by atoms with Crippen molar-refractivity contribution in [1.82, 2.24) is 0 Å². The lowest BCUT2D eigenvalue weighted by Gasteiger charge is -2.22. The predicted molar refractivity (Wildman–Crippen MR) is 105 cm³/mol. The molecule has 0 radical (unpaired) electrons. The number of rotatable bonds is 9.